The van der Waals surface area contributed by atoms with Crippen LogP contribution >= 0.6 is 0 Å². The van der Waals surface area contributed by atoms with Gasteiger partial charge in [-0.15, -0.1) is 0 Å². The van der Waals surface area contributed by atoms with Crippen LogP contribution in [0.4, 0.5) is 10.5 Å². The van der Waals surface area contributed by atoms with Gasteiger partial charge in [-0.1, -0.05) is 17.7 Å². The van der Waals surface area contributed by atoms with Gasteiger partial charge < -0.3 is 29.6 Å². The predicted octanol–water partition coefficient (Wildman–Crippen LogP) is 4.30. The molecule has 0 spiro atoms. The zero-order valence-corrected chi connectivity index (χ0v) is 17.2. The minimum atomic E-state index is -0.356. The Morgan fingerprint density at radius 3 is 2.18 bits per heavy atom. The molecule has 7 nitrogen and oxygen atoms in total. The lowest BCUT2D eigenvalue weighted by Gasteiger charge is -2.20. The number of methoxy groups -OCH3 is 3. The molecule has 152 valence electrons. The Balaban J connectivity index is 2.17. The fraction of sp³-hybridized carbons (Fsp3) is 0.381. The summed E-state index contributed by atoms with van der Waals surface area (Å²) >= 11 is 0. The van der Waals surface area contributed by atoms with E-state index in [0.717, 1.165) is 16.9 Å². The minimum Gasteiger partial charge on any atom is -0.494 e. The quantitative estimate of drug-likeness (QED) is 0.705. The molecule has 1 unspecified atom stereocenters. The Labute approximate surface area is 165 Å². The van der Waals surface area contributed by atoms with Crippen molar-refractivity contribution >= 4 is 11.7 Å². The number of anilines is 1. The average molecular weight is 388 g/mol. The molecule has 0 saturated heterocycles. The summed E-state index contributed by atoms with van der Waals surface area (Å²) in [5.74, 6) is 2.14. The molecular formula is C21H28N2O5. The van der Waals surface area contributed by atoms with E-state index in [4.69, 9.17) is 18.9 Å². The minimum absolute atomic E-state index is 0.247. The van der Waals surface area contributed by atoms with E-state index in [9.17, 15) is 4.79 Å². The van der Waals surface area contributed by atoms with Gasteiger partial charge in [0, 0.05) is 17.7 Å². The molecule has 0 saturated carbocycles. The topological polar surface area (TPSA) is 78.1 Å². The molecule has 2 aromatic carbocycles. The van der Waals surface area contributed by atoms with Gasteiger partial charge in [-0.2, -0.15) is 0 Å². The fourth-order valence-corrected chi connectivity index (χ4v) is 2.89. The van der Waals surface area contributed by atoms with Crippen LogP contribution in [0.1, 0.15) is 31.0 Å². The number of benzene rings is 2. The summed E-state index contributed by atoms with van der Waals surface area (Å²) in [5.41, 5.74) is 2.53. The maximum atomic E-state index is 12.5. The maximum Gasteiger partial charge on any atom is 0.319 e. The van der Waals surface area contributed by atoms with Crippen LogP contribution in [0.5, 0.6) is 23.0 Å². The monoisotopic (exact) mass is 388 g/mol. The summed E-state index contributed by atoms with van der Waals surface area (Å²) in [6.07, 6.45) is 0. The molecule has 28 heavy (non-hydrogen) atoms. The summed E-state index contributed by atoms with van der Waals surface area (Å²) < 4.78 is 21.6. The first-order valence-corrected chi connectivity index (χ1v) is 9.04. The smallest absolute Gasteiger partial charge is 0.319 e. The van der Waals surface area contributed by atoms with Crippen molar-refractivity contribution in [1.29, 1.82) is 0 Å². The molecule has 0 aliphatic heterocycles. The van der Waals surface area contributed by atoms with Crippen molar-refractivity contribution in [1.82, 2.24) is 5.32 Å². The van der Waals surface area contributed by atoms with Crippen LogP contribution in [-0.2, 0) is 0 Å². The second-order valence-corrected chi connectivity index (χ2v) is 6.21. The fourth-order valence-electron chi connectivity index (χ4n) is 2.89. The molecule has 0 radical (unpaired) electrons. The number of ether oxygens (including phenoxy) is 4. The van der Waals surface area contributed by atoms with E-state index < -0.39 is 0 Å². The lowest BCUT2D eigenvalue weighted by atomic mass is 10.0. The zero-order chi connectivity index (χ0) is 20.7. The van der Waals surface area contributed by atoms with Crippen molar-refractivity contribution in [2.45, 2.75) is 26.8 Å². The third kappa shape index (κ3) is 5.00. The molecule has 2 amide bonds. The van der Waals surface area contributed by atoms with Crippen molar-refractivity contribution < 1.29 is 23.7 Å². The number of hydrogen-bond donors (Lipinski definition) is 2. The first-order chi connectivity index (χ1) is 13.4. The maximum absolute atomic E-state index is 12.5. The van der Waals surface area contributed by atoms with Crippen molar-refractivity contribution in [3.05, 3.63) is 41.5 Å². The van der Waals surface area contributed by atoms with Gasteiger partial charge in [-0.05, 0) is 26.8 Å². The van der Waals surface area contributed by atoms with Crippen LogP contribution in [0, 0.1) is 6.92 Å². The molecular weight excluding hydrogens is 360 g/mol. The highest BCUT2D eigenvalue weighted by Gasteiger charge is 2.17. The summed E-state index contributed by atoms with van der Waals surface area (Å²) in [5, 5.41) is 5.73. The Kier molecular flexibility index (Phi) is 7.37. The number of carbonyl (C=O) groups is 1. The summed E-state index contributed by atoms with van der Waals surface area (Å²) in [4.78, 5) is 12.5. The zero-order valence-electron chi connectivity index (χ0n) is 17.2. The molecule has 7 heteroatoms. The number of nitrogens with one attached hydrogen (secondary N) is 2. The van der Waals surface area contributed by atoms with Gasteiger partial charge in [0.25, 0.3) is 0 Å². The highest BCUT2D eigenvalue weighted by molar-refractivity contribution is 5.90. The van der Waals surface area contributed by atoms with Crippen molar-refractivity contribution in [3.63, 3.8) is 0 Å². The van der Waals surface area contributed by atoms with Crippen LogP contribution < -0.4 is 29.6 Å². The van der Waals surface area contributed by atoms with Gasteiger partial charge in [0.1, 0.15) is 5.75 Å². The summed E-state index contributed by atoms with van der Waals surface area (Å²) in [6.45, 7) is 6.40. The van der Waals surface area contributed by atoms with E-state index in [1.165, 1.54) is 21.3 Å². The van der Waals surface area contributed by atoms with E-state index in [-0.39, 0.29) is 12.1 Å². The molecule has 0 aliphatic carbocycles. The van der Waals surface area contributed by atoms with Crippen molar-refractivity contribution in [2.24, 2.45) is 0 Å². The van der Waals surface area contributed by atoms with Gasteiger partial charge in [0.05, 0.1) is 39.7 Å². The van der Waals surface area contributed by atoms with Crippen molar-refractivity contribution in [3.8, 4) is 23.0 Å². The Hall–Kier alpha value is -3.09. The van der Waals surface area contributed by atoms with Crippen molar-refractivity contribution in [2.75, 3.05) is 33.3 Å². The third-order valence-electron chi connectivity index (χ3n) is 4.20. The largest absolute Gasteiger partial charge is 0.494 e. The molecule has 0 fully saturated rings. The number of amides is 2. The number of aryl methyl sites for hydroxylation is 1. The number of urea groups is 1. The highest BCUT2D eigenvalue weighted by atomic mass is 16.5. The van der Waals surface area contributed by atoms with Gasteiger partial charge in [0.2, 0.25) is 5.75 Å². The molecule has 2 rings (SSSR count). The van der Waals surface area contributed by atoms with E-state index in [1.807, 2.05) is 39.0 Å². The highest BCUT2D eigenvalue weighted by Crippen LogP contribution is 2.40. The summed E-state index contributed by atoms with van der Waals surface area (Å²) in [6, 6.07) is 8.65. The molecule has 2 N–H and O–H groups in total. The van der Waals surface area contributed by atoms with Gasteiger partial charge in [-0.3, -0.25) is 0 Å². The van der Waals surface area contributed by atoms with Crippen LogP contribution in [0.25, 0.3) is 0 Å². The molecule has 0 heterocycles. The van der Waals surface area contributed by atoms with Crippen LogP contribution in [0.3, 0.4) is 0 Å². The Bertz CT molecular complexity index is 797. The normalized spacial score (nSPS) is 11.4. The first-order valence-electron chi connectivity index (χ1n) is 9.04. The second kappa shape index (κ2) is 9.73. The molecule has 0 aliphatic rings. The van der Waals surface area contributed by atoms with E-state index in [1.54, 1.807) is 12.1 Å². The Morgan fingerprint density at radius 2 is 1.64 bits per heavy atom. The van der Waals surface area contributed by atoms with E-state index in [0.29, 0.717) is 29.5 Å². The van der Waals surface area contributed by atoms with Gasteiger partial charge >= 0.3 is 6.03 Å². The van der Waals surface area contributed by atoms with Crippen LogP contribution in [0.15, 0.2) is 30.3 Å². The molecule has 1 atom stereocenters. The SMILES string of the molecule is CCOc1ccc(C)cc1C(C)NC(=O)Nc1cc(OC)c(OC)c(OC)c1. The van der Waals surface area contributed by atoms with Gasteiger partial charge in [0.15, 0.2) is 11.5 Å². The average Bonchev–Trinajstić information content (AvgIpc) is 2.68. The summed E-state index contributed by atoms with van der Waals surface area (Å²) in [7, 11) is 4.58. The standard InChI is InChI=1S/C21H28N2O5/c1-7-28-17-9-8-13(2)10-16(17)14(3)22-21(24)23-15-11-18(25-4)20(27-6)19(12-15)26-5/h8-12,14H,7H2,1-6H3,(H2,22,23,24). The lowest BCUT2D eigenvalue weighted by Crippen LogP contribution is -2.31. The van der Waals surface area contributed by atoms with E-state index in [2.05, 4.69) is 10.6 Å². The number of rotatable bonds is 8. The number of carbonyl (C=O) groups excluding carboxylic acids is 1. The third-order valence-corrected chi connectivity index (χ3v) is 4.20. The first kappa shape index (κ1) is 21.2. The number of hydrogen-bond acceptors (Lipinski definition) is 5. The second-order valence-electron chi connectivity index (χ2n) is 6.21. The van der Waals surface area contributed by atoms with Crippen LogP contribution in [-0.4, -0.2) is 34.0 Å². The molecule has 0 bridgehead atoms. The molecule has 0 aromatic heterocycles. The van der Waals surface area contributed by atoms with Crippen LogP contribution in [0.2, 0.25) is 0 Å². The molecule has 2 aromatic rings. The predicted molar refractivity (Wildman–Crippen MR) is 109 cm³/mol. The van der Waals surface area contributed by atoms with E-state index >= 15 is 0 Å². The lowest BCUT2D eigenvalue weighted by molar-refractivity contribution is 0.249. The van der Waals surface area contributed by atoms with Gasteiger partial charge in [-0.25, -0.2) is 4.79 Å². The Morgan fingerprint density at radius 1 is 1.00 bits per heavy atom.